The Morgan fingerprint density at radius 3 is 2.19 bits per heavy atom. The van der Waals surface area contributed by atoms with Gasteiger partial charge in [0.25, 0.3) is 0 Å². The van der Waals surface area contributed by atoms with Gasteiger partial charge in [-0.25, -0.2) is 0 Å². The van der Waals surface area contributed by atoms with Gasteiger partial charge in [0.05, 0.1) is 17.5 Å². The lowest BCUT2D eigenvalue weighted by Gasteiger charge is -2.17. The van der Waals surface area contributed by atoms with Crippen molar-refractivity contribution in [3.63, 3.8) is 0 Å². The smallest absolute Gasteiger partial charge is 0.238 e. The summed E-state index contributed by atoms with van der Waals surface area (Å²) >= 11 is 6.14. The van der Waals surface area contributed by atoms with E-state index in [2.05, 4.69) is 12.2 Å². The van der Waals surface area contributed by atoms with Gasteiger partial charge in [-0.2, -0.15) is 0 Å². The Hall–Kier alpha value is -2.59. The summed E-state index contributed by atoms with van der Waals surface area (Å²) in [5.41, 5.74) is 1.52. The molecule has 2 aromatic rings. The number of hydrogen-bond acceptors (Lipinski definition) is 3. The molecule has 4 nitrogen and oxygen atoms in total. The zero-order valence-electron chi connectivity index (χ0n) is 14.5. The summed E-state index contributed by atoms with van der Waals surface area (Å²) < 4.78 is 5.78. The lowest BCUT2D eigenvalue weighted by atomic mass is 9.85. The Kier molecular flexibility index (Phi) is 3.83. The molecule has 4 atom stereocenters. The van der Waals surface area contributed by atoms with Crippen molar-refractivity contribution in [2.45, 2.75) is 13.0 Å². The monoisotopic (exact) mass is 379 g/mol. The summed E-state index contributed by atoms with van der Waals surface area (Å²) in [6.45, 7) is 0.361. The molecule has 0 N–H and O–H groups in total. The van der Waals surface area contributed by atoms with E-state index in [1.807, 2.05) is 24.3 Å². The number of carbonyl (C=O) groups is 2. The van der Waals surface area contributed by atoms with Crippen LogP contribution in [0.4, 0.5) is 5.69 Å². The fourth-order valence-electron chi connectivity index (χ4n) is 4.62. The van der Waals surface area contributed by atoms with Crippen LogP contribution in [0.5, 0.6) is 5.75 Å². The molecule has 2 amide bonds. The Morgan fingerprint density at radius 1 is 0.926 bits per heavy atom. The first-order chi connectivity index (χ1) is 13.1. The van der Waals surface area contributed by atoms with Gasteiger partial charge in [-0.1, -0.05) is 42.0 Å². The number of carbonyl (C=O) groups excluding carboxylic acids is 2. The Morgan fingerprint density at radius 2 is 1.56 bits per heavy atom. The molecule has 5 rings (SSSR count). The first-order valence-electron chi connectivity index (χ1n) is 9.16. The number of nitrogens with zero attached hydrogens (tertiary/aromatic N) is 1. The zero-order valence-corrected chi connectivity index (χ0v) is 15.3. The molecule has 0 unspecified atom stereocenters. The van der Waals surface area contributed by atoms with Crippen molar-refractivity contribution in [2.75, 3.05) is 4.90 Å². The van der Waals surface area contributed by atoms with Crippen LogP contribution in [0.1, 0.15) is 12.0 Å². The highest BCUT2D eigenvalue weighted by atomic mass is 35.5. The molecule has 1 heterocycles. The maximum absolute atomic E-state index is 12.8. The second-order valence-corrected chi connectivity index (χ2v) is 7.79. The Balaban J connectivity index is 1.32. The van der Waals surface area contributed by atoms with Crippen molar-refractivity contribution in [3.05, 3.63) is 71.3 Å². The topological polar surface area (TPSA) is 46.6 Å². The lowest BCUT2D eigenvalue weighted by Crippen LogP contribution is -2.32. The third-order valence-corrected chi connectivity index (χ3v) is 6.29. The number of fused-ring (bicyclic) bond motifs is 5. The predicted molar refractivity (Wildman–Crippen MR) is 102 cm³/mol. The van der Waals surface area contributed by atoms with E-state index in [1.165, 1.54) is 4.90 Å². The second-order valence-electron chi connectivity index (χ2n) is 7.39. The van der Waals surface area contributed by atoms with Crippen molar-refractivity contribution in [2.24, 2.45) is 23.7 Å². The summed E-state index contributed by atoms with van der Waals surface area (Å²) in [6, 6.07) is 14.6. The van der Waals surface area contributed by atoms with Crippen LogP contribution in [-0.2, 0) is 16.2 Å². The van der Waals surface area contributed by atoms with Crippen molar-refractivity contribution in [1.29, 1.82) is 0 Å². The standard InChI is InChI=1S/C22H18ClNO3/c23-18-4-2-1-3-15(18)12-27-17-9-7-16(8-10-17)24-21(25)19-13-5-6-14(11-13)20(19)22(24)26/h1-10,13-14,19-20H,11-12H2/t13-,14+,19-,20+. The minimum Gasteiger partial charge on any atom is -0.489 e. The third kappa shape index (κ3) is 2.59. The molecule has 1 aliphatic heterocycles. The number of hydrogen-bond donors (Lipinski definition) is 0. The van der Waals surface area contributed by atoms with E-state index in [4.69, 9.17) is 16.3 Å². The highest BCUT2D eigenvalue weighted by Gasteiger charge is 2.59. The molecule has 0 radical (unpaired) electrons. The molecule has 0 aromatic heterocycles. The SMILES string of the molecule is O=C1[C@@H]2[C@H](C(=O)N1c1ccc(OCc3ccccc3Cl)cc1)[C@@H]1C=C[C@H]2C1. The fourth-order valence-corrected chi connectivity index (χ4v) is 4.82. The quantitative estimate of drug-likeness (QED) is 0.590. The Bertz CT molecular complexity index is 922. The number of benzene rings is 2. The van der Waals surface area contributed by atoms with E-state index in [0.717, 1.165) is 12.0 Å². The molecule has 136 valence electrons. The number of halogens is 1. The number of anilines is 1. The molecule has 2 fully saturated rings. The molecule has 2 bridgehead atoms. The van der Waals surface area contributed by atoms with Gasteiger partial charge in [-0.3, -0.25) is 14.5 Å². The first kappa shape index (κ1) is 16.6. The number of imide groups is 1. The van der Waals surface area contributed by atoms with Crippen LogP contribution in [-0.4, -0.2) is 11.8 Å². The highest BCUT2D eigenvalue weighted by Crippen LogP contribution is 2.53. The number of ether oxygens (including phenoxy) is 1. The van der Waals surface area contributed by atoms with Crippen molar-refractivity contribution < 1.29 is 14.3 Å². The van der Waals surface area contributed by atoms with Crippen LogP contribution >= 0.6 is 11.6 Å². The van der Waals surface area contributed by atoms with E-state index < -0.39 is 0 Å². The van der Waals surface area contributed by atoms with Crippen LogP contribution in [0.25, 0.3) is 0 Å². The van der Waals surface area contributed by atoms with Crippen molar-refractivity contribution >= 4 is 29.1 Å². The zero-order chi connectivity index (χ0) is 18.5. The van der Waals surface area contributed by atoms with Gasteiger partial charge < -0.3 is 4.74 Å². The van der Waals surface area contributed by atoms with Gasteiger partial charge in [-0.05, 0) is 48.6 Å². The van der Waals surface area contributed by atoms with E-state index in [-0.39, 0.29) is 35.5 Å². The summed E-state index contributed by atoms with van der Waals surface area (Å²) in [6.07, 6.45) is 5.15. The van der Waals surface area contributed by atoms with E-state index in [1.54, 1.807) is 24.3 Å². The summed E-state index contributed by atoms with van der Waals surface area (Å²) in [5, 5.41) is 0.664. The largest absolute Gasteiger partial charge is 0.489 e. The molecule has 2 aliphatic carbocycles. The molecule has 5 heteroatoms. The molecule has 2 aromatic carbocycles. The molecular formula is C22H18ClNO3. The summed E-state index contributed by atoms with van der Waals surface area (Å²) in [5.74, 6) is 0.629. The third-order valence-electron chi connectivity index (χ3n) is 5.92. The van der Waals surface area contributed by atoms with Crippen molar-refractivity contribution in [1.82, 2.24) is 0 Å². The maximum Gasteiger partial charge on any atom is 0.238 e. The number of amides is 2. The molecule has 3 aliphatic rings. The second kappa shape index (κ2) is 6.24. The average molecular weight is 380 g/mol. The summed E-state index contributed by atoms with van der Waals surface area (Å²) in [7, 11) is 0. The van der Waals surface area contributed by atoms with E-state index in [9.17, 15) is 9.59 Å². The molecule has 1 saturated heterocycles. The van der Waals surface area contributed by atoms with Gasteiger partial charge in [-0.15, -0.1) is 0 Å². The highest BCUT2D eigenvalue weighted by molar-refractivity contribution is 6.31. The number of allylic oxidation sites excluding steroid dienone is 2. The van der Waals surface area contributed by atoms with Gasteiger partial charge >= 0.3 is 0 Å². The van der Waals surface area contributed by atoms with E-state index in [0.29, 0.717) is 23.1 Å². The lowest BCUT2D eigenvalue weighted by molar-refractivity contribution is -0.123. The van der Waals surface area contributed by atoms with Crippen LogP contribution in [0, 0.1) is 23.7 Å². The van der Waals surface area contributed by atoms with Crippen LogP contribution in [0.3, 0.4) is 0 Å². The molecule has 27 heavy (non-hydrogen) atoms. The number of rotatable bonds is 4. The normalized spacial score (nSPS) is 28.1. The minimum absolute atomic E-state index is 0.0633. The molecule has 0 spiro atoms. The van der Waals surface area contributed by atoms with Crippen LogP contribution in [0.15, 0.2) is 60.7 Å². The van der Waals surface area contributed by atoms with Crippen LogP contribution < -0.4 is 9.64 Å². The Labute approximate surface area is 162 Å². The fraction of sp³-hybridized carbons (Fsp3) is 0.273. The molecular weight excluding hydrogens is 362 g/mol. The van der Waals surface area contributed by atoms with Gasteiger partial charge in [0.1, 0.15) is 12.4 Å². The first-order valence-corrected chi connectivity index (χ1v) is 9.53. The minimum atomic E-state index is -0.177. The van der Waals surface area contributed by atoms with E-state index >= 15 is 0 Å². The summed E-state index contributed by atoms with van der Waals surface area (Å²) in [4.78, 5) is 27.1. The van der Waals surface area contributed by atoms with Gasteiger partial charge in [0, 0.05) is 10.6 Å². The van der Waals surface area contributed by atoms with Crippen LogP contribution in [0.2, 0.25) is 5.02 Å². The molecule has 1 saturated carbocycles. The average Bonchev–Trinajstić information content (AvgIpc) is 3.36. The van der Waals surface area contributed by atoms with Gasteiger partial charge in [0.2, 0.25) is 11.8 Å². The van der Waals surface area contributed by atoms with Gasteiger partial charge in [0.15, 0.2) is 0 Å². The van der Waals surface area contributed by atoms with Crippen molar-refractivity contribution in [3.8, 4) is 5.75 Å². The maximum atomic E-state index is 12.8. The predicted octanol–water partition coefficient (Wildman–Crippen LogP) is 4.23.